The highest BCUT2D eigenvalue weighted by Crippen LogP contribution is 2.21. The zero-order valence-electron chi connectivity index (χ0n) is 13.8. The molecule has 132 valence electrons. The van der Waals surface area contributed by atoms with Gasteiger partial charge in [-0.15, -0.1) is 11.8 Å². The lowest BCUT2D eigenvalue weighted by Gasteiger charge is -2.14. The third-order valence-electron chi connectivity index (χ3n) is 3.20. The summed E-state index contributed by atoms with van der Waals surface area (Å²) < 4.78 is 23.6. The predicted molar refractivity (Wildman–Crippen MR) is 94.3 cm³/mol. The molecule has 0 radical (unpaired) electrons. The van der Waals surface area contributed by atoms with E-state index in [1.165, 1.54) is 20.1 Å². The van der Waals surface area contributed by atoms with Gasteiger partial charge >= 0.3 is 5.97 Å². The van der Waals surface area contributed by atoms with Crippen LogP contribution in [0.15, 0.2) is 53.4 Å². The van der Waals surface area contributed by atoms with Crippen molar-refractivity contribution in [2.45, 2.75) is 17.9 Å². The normalized spacial score (nSPS) is 11.5. The first-order chi connectivity index (χ1) is 12.0. The van der Waals surface area contributed by atoms with Crippen molar-refractivity contribution >= 4 is 29.3 Å². The fourth-order valence-electron chi connectivity index (χ4n) is 1.93. The Hall–Kier alpha value is -2.54. The van der Waals surface area contributed by atoms with Gasteiger partial charge in [-0.05, 0) is 31.2 Å². The Morgan fingerprint density at radius 3 is 2.68 bits per heavy atom. The smallest absolute Gasteiger partial charge is 0.317 e. The number of amides is 1. The van der Waals surface area contributed by atoms with Gasteiger partial charge in [-0.2, -0.15) is 0 Å². The number of thioether (sulfide) groups is 1. The Morgan fingerprint density at radius 2 is 1.96 bits per heavy atom. The van der Waals surface area contributed by atoms with Gasteiger partial charge < -0.3 is 14.8 Å². The second-order valence-electron chi connectivity index (χ2n) is 5.07. The van der Waals surface area contributed by atoms with Gasteiger partial charge in [0.15, 0.2) is 6.10 Å². The van der Waals surface area contributed by atoms with Crippen molar-refractivity contribution in [3.63, 3.8) is 0 Å². The summed E-state index contributed by atoms with van der Waals surface area (Å²) in [6.45, 7) is 1.47. The van der Waals surface area contributed by atoms with Gasteiger partial charge in [0.05, 0.1) is 12.9 Å². The molecule has 2 rings (SSSR count). The molecule has 0 saturated carbocycles. The summed E-state index contributed by atoms with van der Waals surface area (Å²) in [5.74, 6) is -0.940. The second-order valence-corrected chi connectivity index (χ2v) is 6.09. The van der Waals surface area contributed by atoms with Gasteiger partial charge in [-0.1, -0.05) is 18.2 Å². The summed E-state index contributed by atoms with van der Waals surface area (Å²) in [5.41, 5.74) is 0.535. The number of carbonyl (C=O) groups is 2. The fourth-order valence-corrected chi connectivity index (χ4v) is 2.65. The number of hydrogen-bond donors (Lipinski definition) is 1. The van der Waals surface area contributed by atoms with Crippen molar-refractivity contribution in [3.8, 4) is 5.75 Å². The first-order valence-corrected chi connectivity index (χ1v) is 8.50. The van der Waals surface area contributed by atoms with Gasteiger partial charge in [0.25, 0.3) is 5.91 Å². The van der Waals surface area contributed by atoms with Crippen molar-refractivity contribution in [2.75, 3.05) is 18.2 Å². The van der Waals surface area contributed by atoms with Gasteiger partial charge in [0.1, 0.15) is 11.6 Å². The SMILES string of the molecule is COc1cccc(NC(=O)[C@@H](C)OC(=O)CSc2ccccc2F)c1. The summed E-state index contributed by atoms with van der Waals surface area (Å²) in [5, 5.41) is 2.64. The molecule has 0 heterocycles. The molecule has 25 heavy (non-hydrogen) atoms. The minimum absolute atomic E-state index is 0.0856. The van der Waals surface area contributed by atoms with E-state index in [0.29, 0.717) is 16.3 Å². The summed E-state index contributed by atoms with van der Waals surface area (Å²) >= 11 is 1.02. The molecule has 7 heteroatoms. The lowest BCUT2D eigenvalue weighted by molar-refractivity contribution is -0.150. The maximum Gasteiger partial charge on any atom is 0.317 e. The topological polar surface area (TPSA) is 64.6 Å². The van der Waals surface area contributed by atoms with Gasteiger partial charge in [-0.25, -0.2) is 4.39 Å². The lowest BCUT2D eigenvalue weighted by atomic mass is 10.3. The molecule has 0 bridgehead atoms. The van der Waals surface area contributed by atoms with E-state index < -0.39 is 23.8 Å². The van der Waals surface area contributed by atoms with Crippen LogP contribution in [0.4, 0.5) is 10.1 Å². The number of benzene rings is 2. The quantitative estimate of drug-likeness (QED) is 0.603. The number of hydrogen-bond acceptors (Lipinski definition) is 5. The third kappa shape index (κ3) is 5.79. The molecular formula is C18H18FNO4S. The Kier molecular flexibility index (Phi) is 6.82. The molecule has 5 nitrogen and oxygen atoms in total. The molecule has 2 aromatic carbocycles. The lowest BCUT2D eigenvalue weighted by Crippen LogP contribution is -2.30. The van der Waals surface area contributed by atoms with Crippen LogP contribution in [-0.2, 0) is 14.3 Å². The largest absolute Gasteiger partial charge is 0.497 e. The van der Waals surface area contributed by atoms with Crippen molar-refractivity contribution in [1.29, 1.82) is 0 Å². The Bertz CT molecular complexity index is 753. The highest BCUT2D eigenvalue weighted by molar-refractivity contribution is 8.00. The molecule has 0 aliphatic heterocycles. The Morgan fingerprint density at radius 1 is 1.20 bits per heavy atom. The van der Waals surface area contributed by atoms with Crippen molar-refractivity contribution in [3.05, 3.63) is 54.3 Å². The van der Waals surface area contributed by atoms with Crippen LogP contribution >= 0.6 is 11.8 Å². The van der Waals surface area contributed by atoms with Gasteiger partial charge in [0.2, 0.25) is 0 Å². The molecule has 0 unspecified atom stereocenters. The van der Waals surface area contributed by atoms with Gasteiger partial charge in [-0.3, -0.25) is 9.59 Å². The minimum atomic E-state index is -0.972. The Labute approximate surface area is 149 Å². The van der Waals surface area contributed by atoms with Crippen LogP contribution in [0.5, 0.6) is 5.75 Å². The summed E-state index contributed by atoms with van der Waals surface area (Å²) in [7, 11) is 1.53. The number of anilines is 1. The van der Waals surface area contributed by atoms with Crippen LogP contribution < -0.4 is 10.1 Å². The van der Waals surface area contributed by atoms with E-state index in [2.05, 4.69) is 5.32 Å². The molecule has 1 N–H and O–H groups in total. The minimum Gasteiger partial charge on any atom is -0.497 e. The van der Waals surface area contributed by atoms with Crippen molar-refractivity contribution in [1.82, 2.24) is 0 Å². The molecule has 1 amide bonds. The molecule has 0 saturated heterocycles. The summed E-state index contributed by atoms with van der Waals surface area (Å²) in [6, 6.07) is 13.0. The van der Waals surface area contributed by atoms with E-state index in [1.54, 1.807) is 42.5 Å². The van der Waals surface area contributed by atoms with Crippen molar-refractivity contribution < 1.29 is 23.5 Å². The molecule has 0 aliphatic carbocycles. The third-order valence-corrected chi connectivity index (χ3v) is 4.22. The average Bonchev–Trinajstić information content (AvgIpc) is 2.61. The number of halogens is 1. The summed E-state index contributed by atoms with van der Waals surface area (Å²) in [4.78, 5) is 24.3. The zero-order chi connectivity index (χ0) is 18.2. The zero-order valence-corrected chi connectivity index (χ0v) is 14.6. The maximum absolute atomic E-state index is 13.5. The number of rotatable bonds is 7. The number of esters is 1. The number of carbonyl (C=O) groups excluding carboxylic acids is 2. The van der Waals surface area contributed by atoms with Crippen LogP contribution in [0.1, 0.15) is 6.92 Å². The molecule has 0 aliphatic rings. The number of ether oxygens (including phenoxy) is 2. The van der Waals surface area contributed by atoms with E-state index in [-0.39, 0.29) is 5.75 Å². The monoisotopic (exact) mass is 363 g/mol. The van der Waals surface area contributed by atoms with E-state index in [1.807, 2.05) is 0 Å². The second kappa shape index (κ2) is 9.08. The van der Waals surface area contributed by atoms with Crippen molar-refractivity contribution in [2.24, 2.45) is 0 Å². The van der Waals surface area contributed by atoms with E-state index in [9.17, 15) is 14.0 Å². The van der Waals surface area contributed by atoms with Crippen LogP contribution in [0.3, 0.4) is 0 Å². The first kappa shape index (κ1) is 18.8. The maximum atomic E-state index is 13.5. The molecule has 1 atom stereocenters. The Balaban J connectivity index is 1.83. The molecule has 0 fully saturated rings. The number of methoxy groups -OCH3 is 1. The standard InChI is InChI=1S/C18H18FNO4S/c1-12(18(22)20-13-6-5-7-14(10-13)23-2)24-17(21)11-25-16-9-4-3-8-15(16)19/h3-10,12H,11H2,1-2H3,(H,20,22)/t12-/m1/s1. The fraction of sp³-hybridized carbons (Fsp3) is 0.222. The van der Waals surface area contributed by atoms with Crippen LogP contribution in [0, 0.1) is 5.82 Å². The molecule has 0 spiro atoms. The molecule has 2 aromatic rings. The van der Waals surface area contributed by atoms with Crippen LogP contribution in [0.2, 0.25) is 0 Å². The molecular weight excluding hydrogens is 345 g/mol. The van der Waals surface area contributed by atoms with Gasteiger partial charge in [0, 0.05) is 16.6 Å². The highest BCUT2D eigenvalue weighted by atomic mass is 32.2. The predicted octanol–water partition coefficient (Wildman–Crippen LogP) is 3.50. The average molecular weight is 363 g/mol. The van der Waals surface area contributed by atoms with Crippen LogP contribution in [0.25, 0.3) is 0 Å². The molecule has 0 aromatic heterocycles. The van der Waals surface area contributed by atoms with E-state index >= 15 is 0 Å². The van der Waals surface area contributed by atoms with E-state index in [4.69, 9.17) is 9.47 Å². The number of nitrogens with one attached hydrogen (secondary N) is 1. The van der Waals surface area contributed by atoms with Crippen LogP contribution in [-0.4, -0.2) is 30.8 Å². The first-order valence-electron chi connectivity index (χ1n) is 7.51. The van der Waals surface area contributed by atoms with E-state index in [0.717, 1.165) is 11.8 Å². The summed E-state index contributed by atoms with van der Waals surface area (Å²) in [6.07, 6.45) is -0.972. The highest BCUT2D eigenvalue weighted by Gasteiger charge is 2.18.